The van der Waals surface area contributed by atoms with Gasteiger partial charge in [0.05, 0.1) is 12.6 Å². The van der Waals surface area contributed by atoms with Crippen LogP contribution in [0, 0.1) is 0 Å². The van der Waals surface area contributed by atoms with Crippen molar-refractivity contribution in [1.29, 1.82) is 0 Å². The Balaban J connectivity index is 2.08. The third-order valence-corrected chi connectivity index (χ3v) is 2.98. The molecule has 0 saturated carbocycles. The van der Waals surface area contributed by atoms with Gasteiger partial charge in [-0.2, -0.15) is 16.4 Å². The number of hydrogen-bond donors (Lipinski definition) is 1. The van der Waals surface area contributed by atoms with Crippen molar-refractivity contribution in [2.45, 2.75) is 12.5 Å². The smallest absolute Gasteiger partial charge is 0.0732 e. The molecule has 0 spiro atoms. The Morgan fingerprint density at radius 1 is 1.69 bits per heavy atom. The maximum absolute atomic E-state index is 5.73. The van der Waals surface area contributed by atoms with Crippen molar-refractivity contribution in [2.24, 2.45) is 5.73 Å². The molecule has 1 atom stereocenters. The van der Waals surface area contributed by atoms with Gasteiger partial charge in [-0.05, 0) is 28.8 Å². The SMILES string of the molecule is NCC(c1ccsc1)N1CCCO1. The Morgan fingerprint density at radius 2 is 2.62 bits per heavy atom. The molecule has 0 aliphatic carbocycles. The summed E-state index contributed by atoms with van der Waals surface area (Å²) in [6, 6.07) is 2.36. The highest BCUT2D eigenvalue weighted by molar-refractivity contribution is 7.07. The van der Waals surface area contributed by atoms with Crippen LogP contribution in [0.1, 0.15) is 18.0 Å². The summed E-state index contributed by atoms with van der Waals surface area (Å²) < 4.78 is 0. The van der Waals surface area contributed by atoms with E-state index in [1.54, 1.807) is 11.3 Å². The molecule has 2 heterocycles. The van der Waals surface area contributed by atoms with E-state index in [0.717, 1.165) is 19.6 Å². The highest BCUT2D eigenvalue weighted by atomic mass is 32.1. The Kier molecular flexibility index (Phi) is 2.95. The van der Waals surface area contributed by atoms with Gasteiger partial charge in [-0.1, -0.05) is 0 Å². The van der Waals surface area contributed by atoms with Crippen LogP contribution in [0.25, 0.3) is 0 Å². The van der Waals surface area contributed by atoms with Gasteiger partial charge >= 0.3 is 0 Å². The number of rotatable bonds is 3. The Labute approximate surface area is 82.1 Å². The lowest BCUT2D eigenvalue weighted by Gasteiger charge is -2.23. The molecule has 13 heavy (non-hydrogen) atoms. The second-order valence-corrected chi connectivity index (χ2v) is 3.92. The van der Waals surface area contributed by atoms with E-state index in [4.69, 9.17) is 10.6 Å². The molecule has 1 aromatic heterocycles. The highest BCUT2D eigenvalue weighted by Gasteiger charge is 2.23. The molecule has 4 heteroatoms. The van der Waals surface area contributed by atoms with E-state index >= 15 is 0 Å². The fourth-order valence-electron chi connectivity index (χ4n) is 1.60. The summed E-state index contributed by atoms with van der Waals surface area (Å²) in [4.78, 5) is 5.49. The molecule has 0 amide bonds. The minimum absolute atomic E-state index is 0.244. The van der Waals surface area contributed by atoms with Crippen molar-refractivity contribution in [1.82, 2.24) is 5.06 Å². The molecule has 2 rings (SSSR count). The zero-order valence-corrected chi connectivity index (χ0v) is 8.30. The summed E-state index contributed by atoms with van der Waals surface area (Å²) >= 11 is 1.70. The van der Waals surface area contributed by atoms with E-state index in [-0.39, 0.29) is 6.04 Å². The summed E-state index contributed by atoms with van der Waals surface area (Å²) in [5.74, 6) is 0. The topological polar surface area (TPSA) is 38.5 Å². The van der Waals surface area contributed by atoms with E-state index in [1.165, 1.54) is 5.56 Å². The van der Waals surface area contributed by atoms with Crippen LogP contribution in [0.4, 0.5) is 0 Å². The molecule has 1 aliphatic heterocycles. The second-order valence-electron chi connectivity index (χ2n) is 3.14. The summed E-state index contributed by atoms with van der Waals surface area (Å²) in [7, 11) is 0. The van der Waals surface area contributed by atoms with E-state index in [1.807, 2.05) is 5.06 Å². The summed E-state index contributed by atoms with van der Waals surface area (Å²) in [5, 5.41) is 6.22. The lowest BCUT2D eigenvalue weighted by atomic mass is 10.1. The molecule has 72 valence electrons. The van der Waals surface area contributed by atoms with Gasteiger partial charge in [-0.25, -0.2) is 0 Å². The van der Waals surface area contributed by atoms with Crippen LogP contribution >= 0.6 is 11.3 Å². The van der Waals surface area contributed by atoms with Crippen LogP contribution in [-0.2, 0) is 4.84 Å². The van der Waals surface area contributed by atoms with Gasteiger partial charge in [-0.15, -0.1) is 0 Å². The van der Waals surface area contributed by atoms with Crippen molar-refractivity contribution in [3.05, 3.63) is 22.4 Å². The molecule has 1 saturated heterocycles. The Morgan fingerprint density at radius 3 is 3.15 bits per heavy atom. The standard InChI is InChI=1S/C9H14N2OS/c10-6-9(8-2-5-13-7-8)11-3-1-4-12-11/h2,5,7,9H,1,3-4,6,10H2. The van der Waals surface area contributed by atoms with E-state index in [9.17, 15) is 0 Å². The first-order valence-corrected chi connectivity index (χ1v) is 5.48. The first-order chi connectivity index (χ1) is 6.42. The number of hydrogen-bond acceptors (Lipinski definition) is 4. The van der Waals surface area contributed by atoms with Gasteiger partial charge in [0.25, 0.3) is 0 Å². The minimum atomic E-state index is 0.244. The van der Waals surface area contributed by atoms with Gasteiger partial charge in [0.2, 0.25) is 0 Å². The monoisotopic (exact) mass is 198 g/mol. The first kappa shape index (κ1) is 9.15. The maximum Gasteiger partial charge on any atom is 0.0732 e. The Bertz CT molecular complexity index is 244. The lowest BCUT2D eigenvalue weighted by Crippen LogP contribution is -2.30. The van der Waals surface area contributed by atoms with Crippen LogP contribution in [0.2, 0.25) is 0 Å². The molecule has 2 N–H and O–H groups in total. The van der Waals surface area contributed by atoms with Gasteiger partial charge < -0.3 is 5.73 Å². The average molecular weight is 198 g/mol. The third-order valence-electron chi connectivity index (χ3n) is 2.28. The van der Waals surface area contributed by atoms with Crippen LogP contribution in [0.5, 0.6) is 0 Å². The number of hydroxylamine groups is 2. The van der Waals surface area contributed by atoms with Crippen molar-refractivity contribution < 1.29 is 4.84 Å². The van der Waals surface area contributed by atoms with Crippen LogP contribution in [0.3, 0.4) is 0 Å². The van der Waals surface area contributed by atoms with Gasteiger partial charge in [0.15, 0.2) is 0 Å². The molecule has 1 aromatic rings. The summed E-state index contributed by atoms with van der Waals surface area (Å²) in [5.41, 5.74) is 7.00. The quantitative estimate of drug-likeness (QED) is 0.797. The van der Waals surface area contributed by atoms with Gasteiger partial charge in [0, 0.05) is 13.1 Å². The number of thiophene rings is 1. The van der Waals surface area contributed by atoms with Crippen molar-refractivity contribution in [3.63, 3.8) is 0 Å². The molecule has 0 aromatic carbocycles. The highest BCUT2D eigenvalue weighted by Crippen LogP contribution is 2.24. The van der Waals surface area contributed by atoms with Crippen LogP contribution in [0.15, 0.2) is 16.8 Å². The molecule has 1 fully saturated rings. The number of nitrogens with two attached hydrogens (primary N) is 1. The van der Waals surface area contributed by atoms with Crippen molar-refractivity contribution in [3.8, 4) is 0 Å². The molecule has 1 aliphatic rings. The molecule has 0 bridgehead atoms. The molecule has 0 radical (unpaired) electrons. The van der Waals surface area contributed by atoms with E-state index in [2.05, 4.69) is 16.8 Å². The maximum atomic E-state index is 5.73. The second kappa shape index (κ2) is 4.19. The molecular formula is C9H14N2OS. The summed E-state index contributed by atoms with van der Waals surface area (Å²) in [6.45, 7) is 2.45. The fourth-order valence-corrected chi connectivity index (χ4v) is 2.30. The van der Waals surface area contributed by atoms with Crippen LogP contribution < -0.4 is 5.73 Å². The Hall–Kier alpha value is -0.420. The molecule has 1 unspecified atom stereocenters. The lowest BCUT2D eigenvalue weighted by molar-refractivity contribution is -0.140. The average Bonchev–Trinajstić information content (AvgIpc) is 2.76. The summed E-state index contributed by atoms with van der Waals surface area (Å²) in [6.07, 6.45) is 1.11. The van der Waals surface area contributed by atoms with Gasteiger partial charge in [-0.3, -0.25) is 4.84 Å². The zero-order chi connectivity index (χ0) is 9.10. The van der Waals surface area contributed by atoms with Crippen molar-refractivity contribution in [2.75, 3.05) is 19.7 Å². The molecular weight excluding hydrogens is 184 g/mol. The van der Waals surface area contributed by atoms with Crippen LogP contribution in [-0.4, -0.2) is 24.8 Å². The first-order valence-electron chi connectivity index (χ1n) is 4.53. The zero-order valence-electron chi connectivity index (χ0n) is 7.48. The molecule has 3 nitrogen and oxygen atoms in total. The van der Waals surface area contributed by atoms with Gasteiger partial charge in [0.1, 0.15) is 0 Å². The normalized spacial score (nSPS) is 20.7. The fraction of sp³-hybridized carbons (Fsp3) is 0.556. The van der Waals surface area contributed by atoms with E-state index in [0.29, 0.717) is 6.54 Å². The van der Waals surface area contributed by atoms with Crippen molar-refractivity contribution >= 4 is 11.3 Å². The predicted molar refractivity (Wildman–Crippen MR) is 53.4 cm³/mol. The van der Waals surface area contributed by atoms with E-state index < -0.39 is 0 Å². The third kappa shape index (κ3) is 1.91. The largest absolute Gasteiger partial charge is 0.329 e. The number of nitrogens with zero attached hydrogens (tertiary/aromatic N) is 1. The predicted octanol–water partition coefficient (Wildman–Crippen LogP) is 1.39. The minimum Gasteiger partial charge on any atom is -0.329 e.